The number of rotatable bonds is 6. The first-order valence-corrected chi connectivity index (χ1v) is 9.87. The molecule has 0 spiro atoms. The number of nitrogens with two attached hydrogens (primary N) is 1. The first kappa shape index (κ1) is 19.7. The van der Waals surface area contributed by atoms with Crippen molar-refractivity contribution in [1.29, 1.82) is 0 Å². The van der Waals surface area contributed by atoms with E-state index in [0.29, 0.717) is 21.5 Å². The number of nitrogens with zero attached hydrogens (tertiary/aromatic N) is 3. The quantitative estimate of drug-likeness (QED) is 0.332. The number of nitrogen functional groups attached to an aromatic ring is 1. The monoisotopic (exact) mass is 441 g/mol. The van der Waals surface area contributed by atoms with Crippen molar-refractivity contribution in [1.82, 2.24) is 20.4 Å². The van der Waals surface area contributed by atoms with E-state index in [1.165, 1.54) is 17.7 Å². The van der Waals surface area contributed by atoms with E-state index in [2.05, 4.69) is 31.1 Å². The summed E-state index contributed by atoms with van der Waals surface area (Å²) in [7, 11) is 1.61. The Balaban J connectivity index is 1.50. The zero-order valence-corrected chi connectivity index (χ0v) is 17.2. The molecule has 30 heavy (non-hydrogen) atoms. The summed E-state index contributed by atoms with van der Waals surface area (Å²) in [6.45, 7) is 0. The van der Waals surface area contributed by atoms with Crippen LogP contribution < -0.4 is 26.6 Å². The van der Waals surface area contributed by atoms with Gasteiger partial charge in [0, 0.05) is 0 Å². The summed E-state index contributed by atoms with van der Waals surface area (Å²) < 4.78 is 6.19. The Bertz CT molecular complexity index is 1230. The van der Waals surface area contributed by atoms with Crippen LogP contribution in [0.3, 0.4) is 0 Å². The van der Waals surface area contributed by atoms with E-state index in [4.69, 9.17) is 22.1 Å². The molecule has 9 nitrogen and oxygen atoms in total. The number of benzene rings is 2. The molecule has 0 saturated carbocycles. The number of nitrogens with one attached hydrogen (secondary N) is 3. The average Bonchev–Trinajstić information content (AvgIpc) is 3.16. The van der Waals surface area contributed by atoms with Crippen LogP contribution in [0.2, 0.25) is 5.02 Å². The maximum absolute atomic E-state index is 12.3. The van der Waals surface area contributed by atoms with E-state index >= 15 is 0 Å². The number of hydrazine groups is 1. The standard InChI is InChI=1S/C19H16ClN7O2S/c1-29-10-6-7-13-14(8-10)30-19(24-13)25-16-15(21)17(23-9-22-16)26-27-18(28)11-4-2-3-5-12(11)20/h2-9H,21H2,1H3,(H,27,28)(H2,22,23,24,25,26). The molecule has 0 unspecified atom stereocenters. The molecule has 0 aliphatic rings. The molecule has 2 aromatic heterocycles. The SMILES string of the molecule is COc1ccc2nc(Nc3ncnc(NNC(=O)c4ccccc4Cl)c3N)sc2c1. The highest BCUT2D eigenvalue weighted by molar-refractivity contribution is 7.22. The van der Waals surface area contributed by atoms with E-state index in [9.17, 15) is 4.79 Å². The number of hydrogen-bond acceptors (Lipinski definition) is 9. The number of thiazole rings is 1. The number of hydrogen-bond donors (Lipinski definition) is 4. The van der Waals surface area contributed by atoms with E-state index in [1.807, 2.05) is 18.2 Å². The maximum Gasteiger partial charge on any atom is 0.271 e. The largest absolute Gasteiger partial charge is 0.497 e. The van der Waals surface area contributed by atoms with Crippen molar-refractivity contribution in [3.63, 3.8) is 0 Å². The second-order valence-electron chi connectivity index (χ2n) is 6.02. The van der Waals surface area contributed by atoms with Crippen LogP contribution in [-0.2, 0) is 0 Å². The fourth-order valence-electron chi connectivity index (χ4n) is 2.61. The van der Waals surface area contributed by atoms with Gasteiger partial charge in [-0.1, -0.05) is 35.1 Å². The van der Waals surface area contributed by atoms with Crippen LogP contribution >= 0.6 is 22.9 Å². The lowest BCUT2D eigenvalue weighted by Crippen LogP contribution is -2.30. The van der Waals surface area contributed by atoms with Gasteiger partial charge in [-0.2, -0.15) is 0 Å². The molecule has 0 radical (unpaired) electrons. The van der Waals surface area contributed by atoms with Gasteiger partial charge >= 0.3 is 0 Å². The molecule has 0 fully saturated rings. The van der Waals surface area contributed by atoms with Crippen LogP contribution in [0.1, 0.15) is 10.4 Å². The smallest absolute Gasteiger partial charge is 0.271 e. The van der Waals surface area contributed by atoms with Gasteiger partial charge in [0.1, 0.15) is 17.8 Å². The molecular formula is C19H16ClN7O2S. The molecule has 0 aliphatic heterocycles. The third-order valence-electron chi connectivity index (χ3n) is 4.12. The minimum atomic E-state index is -0.423. The number of carbonyl (C=O) groups is 1. The molecule has 152 valence electrons. The van der Waals surface area contributed by atoms with Gasteiger partial charge < -0.3 is 15.8 Å². The first-order chi connectivity index (χ1) is 14.5. The molecule has 4 rings (SSSR count). The summed E-state index contributed by atoms with van der Waals surface area (Å²) in [5.74, 6) is 0.912. The van der Waals surface area contributed by atoms with Gasteiger partial charge in [-0.25, -0.2) is 15.0 Å². The van der Waals surface area contributed by atoms with Crippen molar-refractivity contribution in [3.8, 4) is 5.75 Å². The van der Waals surface area contributed by atoms with Crippen LogP contribution in [0.5, 0.6) is 5.75 Å². The topological polar surface area (TPSA) is 127 Å². The highest BCUT2D eigenvalue weighted by Crippen LogP contribution is 2.32. The van der Waals surface area contributed by atoms with Gasteiger partial charge in [0.15, 0.2) is 16.8 Å². The lowest BCUT2D eigenvalue weighted by Gasteiger charge is -2.12. The number of anilines is 4. The predicted molar refractivity (Wildman–Crippen MR) is 118 cm³/mol. The number of ether oxygens (including phenoxy) is 1. The lowest BCUT2D eigenvalue weighted by molar-refractivity contribution is 0.0962. The van der Waals surface area contributed by atoms with E-state index in [-0.39, 0.29) is 11.5 Å². The number of halogens is 1. The van der Waals surface area contributed by atoms with Gasteiger partial charge in [-0.15, -0.1) is 0 Å². The van der Waals surface area contributed by atoms with E-state index in [0.717, 1.165) is 16.0 Å². The summed E-state index contributed by atoms with van der Waals surface area (Å²) in [4.78, 5) is 25.0. The number of methoxy groups -OCH3 is 1. The summed E-state index contributed by atoms with van der Waals surface area (Å²) in [5.41, 5.74) is 12.7. The Morgan fingerprint density at radius 1 is 1.17 bits per heavy atom. The Labute approximate surface area is 180 Å². The molecule has 4 aromatic rings. The fourth-order valence-corrected chi connectivity index (χ4v) is 3.73. The van der Waals surface area contributed by atoms with Crippen LogP contribution in [0, 0.1) is 0 Å². The summed E-state index contributed by atoms with van der Waals surface area (Å²) in [6.07, 6.45) is 1.32. The third kappa shape index (κ3) is 4.04. The Hall–Kier alpha value is -3.63. The van der Waals surface area contributed by atoms with Gasteiger partial charge in [0.25, 0.3) is 5.91 Å². The summed E-state index contributed by atoms with van der Waals surface area (Å²) in [6, 6.07) is 12.3. The van der Waals surface area contributed by atoms with Crippen LogP contribution in [0.4, 0.5) is 22.5 Å². The van der Waals surface area contributed by atoms with Gasteiger partial charge in [0.05, 0.1) is 27.9 Å². The van der Waals surface area contributed by atoms with Gasteiger partial charge in [-0.05, 0) is 30.3 Å². The van der Waals surface area contributed by atoms with Crippen LogP contribution in [0.25, 0.3) is 10.2 Å². The lowest BCUT2D eigenvalue weighted by atomic mass is 10.2. The molecule has 0 atom stereocenters. The maximum atomic E-state index is 12.3. The zero-order chi connectivity index (χ0) is 21.1. The second-order valence-corrected chi connectivity index (χ2v) is 7.46. The van der Waals surface area contributed by atoms with Gasteiger partial charge in [-0.3, -0.25) is 15.6 Å². The number of carbonyl (C=O) groups excluding carboxylic acids is 1. The summed E-state index contributed by atoms with van der Waals surface area (Å²) >= 11 is 7.47. The minimum absolute atomic E-state index is 0.216. The Kier molecular flexibility index (Phi) is 5.50. The minimum Gasteiger partial charge on any atom is -0.497 e. The van der Waals surface area contributed by atoms with Crippen LogP contribution in [-0.4, -0.2) is 28.0 Å². The second kappa shape index (κ2) is 8.39. The number of fused-ring (bicyclic) bond motifs is 1. The third-order valence-corrected chi connectivity index (χ3v) is 5.38. The molecule has 0 aliphatic carbocycles. The molecular weight excluding hydrogens is 426 g/mol. The molecule has 0 bridgehead atoms. The molecule has 2 aromatic carbocycles. The predicted octanol–water partition coefficient (Wildman–Crippen LogP) is 3.83. The normalized spacial score (nSPS) is 10.6. The zero-order valence-electron chi connectivity index (χ0n) is 15.6. The van der Waals surface area contributed by atoms with Crippen LogP contribution in [0.15, 0.2) is 48.8 Å². The first-order valence-electron chi connectivity index (χ1n) is 8.68. The van der Waals surface area contributed by atoms with Crippen molar-refractivity contribution >= 4 is 61.5 Å². The van der Waals surface area contributed by atoms with E-state index < -0.39 is 5.91 Å². The van der Waals surface area contributed by atoms with E-state index in [1.54, 1.807) is 31.4 Å². The van der Waals surface area contributed by atoms with Crippen molar-refractivity contribution in [2.45, 2.75) is 0 Å². The van der Waals surface area contributed by atoms with Gasteiger partial charge in [0.2, 0.25) is 0 Å². The molecule has 11 heteroatoms. The molecule has 2 heterocycles. The van der Waals surface area contributed by atoms with Crippen molar-refractivity contribution in [3.05, 3.63) is 59.4 Å². The average molecular weight is 442 g/mol. The van der Waals surface area contributed by atoms with Crippen molar-refractivity contribution in [2.75, 3.05) is 23.6 Å². The highest BCUT2D eigenvalue weighted by Gasteiger charge is 2.13. The fraction of sp³-hybridized carbons (Fsp3) is 0.0526. The number of aromatic nitrogens is 3. The Morgan fingerprint density at radius 3 is 2.77 bits per heavy atom. The highest BCUT2D eigenvalue weighted by atomic mass is 35.5. The van der Waals surface area contributed by atoms with Crippen molar-refractivity contribution in [2.24, 2.45) is 0 Å². The number of amides is 1. The van der Waals surface area contributed by atoms with Crippen molar-refractivity contribution < 1.29 is 9.53 Å². The Morgan fingerprint density at radius 2 is 1.97 bits per heavy atom. The molecule has 1 amide bonds. The molecule has 5 N–H and O–H groups in total. The summed E-state index contributed by atoms with van der Waals surface area (Å²) in [5, 5.41) is 4.03. The molecule has 0 saturated heterocycles.